The Morgan fingerprint density at radius 3 is 3.06 bits per heavy atom. The lowest BCUT2D eigenvalue weighted by molar-refractivity contribution is -0.138. The van der Waals surface area contributed by atoms with Crippen molar-refractivity contribution >= 4 is 39.3 Å². The fourth-order valence-electron chi connectivity index (χ4n) is 1.90. The van der Waals surface area contributed by atoms with Crippen molar-refractivity contribution < 1.29 is 9.90 Å². The number of carboxylic acid groups (broad SMARTS) is 1. The first-order chi connectivity index (χ1) is 7.59. The molecule has 16 heavy (non-hydrogen) atoms. The van der Waals surface area contributed by atoms with Gasteiger partial charge in [-0.3, -0.25) is 0 Å². The first-order valence-corrected chi connectivity index (χ1v) is 6.07. The summed E-state index contributed by atoms with van der Waals surface area (Å²) in [5, 5.41) is 9.54. The van der Waals surface area contributed by atoms with E-state index in [9.17, 15) is 4.79 Å². The molecule has 1 aliphatic rings. The first kappa shape index (κ1) is 11.7. The Morgan fingerprint density at radius 1 is 1.69 bits per heavy atom. The summed E-state index contributed by atoms with van der Waals surface area (Å²) in [7, 11) is 0. The van der Waals surface area contributed by atoms with Gasteiger partial charge in [0.05, 0.1) is 5.02 Å². The van der Waals surface area contributed by atoms with Crippen LogP contribution in [0.4, 0.5) is 5.82 Å². The SMILES string of the molecule is O=C(O)C1CCCN1c1ncc(Br)cc1Cl. The molecule has 0 saturated carbocycles. The van der Waals surface area contributed by atoms with Crippen molar-refractivity contribution in [3.8, 4) is 0 Å². The van der Waals surface area contributed by atoms with Crippen LogP contribution in [-0.4, -0.2) is 28.6 Å². The van der Waals surface area contributed by atoms with Crippen molar-refractivity contribution in [3.63, 3.8) is 0 Å². The summed E-state index contributed by atoms with van der Waals surface area (Å²) < 4.78 is 0.785. The fraction of sp³-hybridized carbons (Fsp3) is 0.400. The van der Waals surface area contributed by atoms with E-state index < -0.39 is 12.0 Å². The average molecular weight is 306 g/mol. The number of halogens is 2. The number of pyridine rings is 1. The molecule has 1 atom stereocenters. The highest BCUT2D eigenvalue weighted by atomic mass is 79.9. The third-order valence-corrected chi connectivity index (χ3v) is 3.31. The van der Waals surface area contributed by atoms with Crippen molar-refractivity contribution in [2.75, 3.05) is 11.4 Å². The molecule has 1 saturated heterocycles. The number of anilines is 1. The second-order valence-electron chi connectivity index (χ2n) is 3.65. The van der Waals surface area contributed by atoms with E-state index in [-0.39, 0.29) is 0 Å². The summed E-state index contributed by atoms with van der Waals surface area (Å²) in [6.45, 7) is 0.686. The first-order valence-electron chi connectivity index (χ1n) is 4.90. The normalized spacial score (nSPS) is 20.1. The predicted molar refractivity (Wildman–Crippen MR) is 65.0 cm³/mol. The highest BCUT2D eigenvalue weighted by Gasteiger charge is 2.32. The van der Waals surface area contributed by atoms with Gasteiger partial charge < -0.3 is 10.0 Å². The minimum absolute atomic E-state index is 0.475. The monoisotopic (exact) mass is 304 g/mol. The summed E-state index contributed by atoms with van der Waals surface area (Å²) in [5.41, 5.74) is 0. The van der Waals surface area contributed by atoms with Crippen LogP contribution in [0, 0.1) is 0 Å². The summed E-state index contributed by atoms with van der Waals surface area (Å²) in [4.78, 5) is 17.0. The Morgan fingerprint density at radius 2 is 2.44 bits per heavy atom. The van der Waals surface area contributed by atoms with E-state index >= 15 is 0 Å². The number of carboxylic acids is 1. The molecule has 0 aromatic carbocycles. The van der Waals surface area contributed by atoms with Crippen LogP contribution in [0.15, 0.2) is 16.7 Å². The molecule has 0 spiro atoms. The van der Waals surface area contributed by atoms with Crippen LogP contribution in [0.25, 0.3) is 0 Å². The molecule has 1 unspecified atom stereocenters. The van der Waals surface area contributed by atoms with Gasteiger partial charge in [-0.25, -0.2) is 9.78 Å². The van der Waals surface area contributed by atoms with E-state index in [1.807, 2.05) is 0 Å². The van der Waals surface area contributed by atoms with Crippen molar-refractivity contribution in [1.29, 1.82) is 0 Å². The fourth-order valence-corrected chi connectivity index (χ4v) is 2.63. The molecule has 1 fully saturated rings. The van der Waals surface area contributed by atoms with Crippen LogP contribution in [0.3, 0.4) is 0 Å². The van der Waals surface area contributed by atoms with Crippen LogP contribution in [0.5, 0.6) is 0 Å². The molecular weight excluding hydrogens is 295 g/mol. The zero-order chi connectivity index (χ0) is 11.7. The van der Waals surface area contributed by atoms with Crippen LogP contribution in [0.2, 0.25) is 5.02 Å². The smallest absolute Gasteiger partial charge is 0.326 e. The highest BCUT2D eigenvalue weighted by Crippen LogP contribution is 2.31. The summed E-state index contributed by atoms with van der Waals surface area (Å²) in [5.74, 6) is -0.270. The van der Waals surface area contributed by atoms with E-state index in [0.29, 0.717) is 23.8 Å². The lowest BCUT2D eigenvalue weighted by atomic mass is 10.2. The molecule has 1 aromatic rings. The van der Waals surface area contributed by atoms with Gasteiger partial charge in [-0.15, -0.1) is 0 Å². The Labute approximate surface area is 106 Å². The van der Waals surface area contributed by atoms with E-state index in [1.165, 1.54) is 0 Å². The lowest BCUT2D eigenvalue weighted by Crippen LogP contribution is -2.36. The largest absolute Gasteiger partial charge is 0.480 e. The third-order valence-electron chi connectivity index (χ3n) is 2.60. The molecule has 4 nitrogen and oxygen atoms in total. The van der Waals surface area contributed by atoms with E-state index in [2.05, 4.69) is 20.9 Å². The Balaban J connectivity index is 2.32. The van der Waals surface area contributed by atoms with E-state index in [1.54, 1.807) is 17.2 Å². The maximum atomic E-state index is 11.0. The minimum atomic E-state index is -0.821. The number of rotatable bonds is 2. The van der Waals surface area contributed by atoms with Gasteiger partial charge in [0.2, 0.25) is 0 Å². The molecule has 6 heteroatoms. The van der Waals surface area contributed by atoms with Crippen molar-refractivity contribution in [3.05, 3.63) is 21.8 Å². The molecule has 0 bridgehead atoms. The van der Waals surface area contributed by atoms with Gasteiger partial charge in [0.15, 0.2) is 0 Å². The second kappa shape index (κ2) is 4.59. The van der Waals surface area contributed by atoms with Crippen LogP contribution < -0.4 is 4.90 Å². The molecule has 0 amide bonds. The lowest BCUT2D eigenvalue weighted by Gasteiger charge is -2.23. The van der Waals surface area contributed by atoms with Crippen molar-refractivity contribution in [1.82, 2.24) is 4.98 Å². The van der Waals surface area contributed by atoms with Crippen molar-refractivity contribution in [2.24, 2.45) is 0 Å². The number of hydrogen-bond donors (Lipinski definition) is 1. The average Bonchev–Trinajstić information content (AvgIpc) is 2.66. The number of nitrogens with zero attached hydrogens (tertiary/aromatic N) is 2. The summed E-state index contributed by atoms with van der Waals surface area (Å²) in [6.07, 6.45) is 3.12. The molecule has 86 valence electrons. The maximum absolute atomic E-state index is 11.0. The number of aromatic nitrogens is 1. The zero-order valence-corrected chi connectivity index (χ0v) is 10.7. The summed E-state index contributed by atoms with van der Waals surface area (Å²) >= 11 is 9.32. The van der Waals surface area contributed by atoms with Crippen LogP contribution >= 0.6 is 27.5 Å². The van der Waals surface area contributed by atoms with Gasteiger partial charge in [-0.2, -0.15) is 0 Å². The standard InChI is InChI=1S/C10H10BrClN2O2/c11-6-4-7(12)9(13-5-6)14-3-1-2-8(14)10(15)16/h4-5,8H,1-3H2,(H,15,16). The van der Waals surface area contributed by atoms with E-state index in [0.717, 1.165) is 10.9 Å². The van der Waals surface area contributed by atoms with Gasteiger partial charge in [0.1, 0.15) is 11.9 Å². The molecule has 1 aromatic heterocycles. The topological polar surface area (TPSA) is 53.4 Å². The highest BCUT2D eigenvalue weighted by molar-refractivity contribution is 9.10. The Hall–Kier alpha value is -0.810. The molecule has 0 aliphatic carbocycles. The van der Waals surface area contributed by atoms with Gasteiger partial charge in [-0.1, -0.05) is 11.6 Å². The van der Waals surface area contributed by atoms with Crippen LogP contribution in [0.1, 0.15) is 12.8 Å². The summed E-state index contributed by atoms with van der Waals surface area (Å²) in [6, 6.07) is 1.22. The number of aliphatic carboxylic acids is 1. The molecule has 1 aliphatic heterocycles. The predicted octanol–water partition coefficient (Wildman–Crippen LogP) is 2.55. The molecule has 2 heterocycles. The second-order valence-corrected chi connectivity index (χ2v) is 4.97. The third kappa shape index (κ3) is 2.15. The van der Waals surface area contributed by atoms with Gasteiger partial charge in [0, 0.05) is 17.2 Å². The van der Waals surface area contributed by atoms with Crippen LogP contribution in [-0.2, 0) is 4.79 Å². The van der Waals surface area contributed by atoms with Gasteiger partial charge in [0.25, 0.3) is 0 Å². The molecule has 1 N–H and O–H groups in total. The Kier molecular flexibility index (Phi) is 3.35. The minimum Gasteiger partial charge on any atom is -0.480 e. The number of carbonyl (C=O) groups is 1. The number of hydrogen-bond acceptors (Lipinski definition) is 3. The van der Waals surface area contributed by atoms with Gasteiger partial charge in [-0.05, 0) is 34.8 Å². The maximum Gasteiger partial charge on any atom is 0.326 e. The molecular formula is C10H10BrClN2O2. The Bertz CT molecular complexity index is 427. The van der Waals surface area contributed by atoms with E-state index in [4.69, 9.17) is 16.7 Å². The van der Waals surface area contributed by atoms with Gasteiger partial charge >= 0.3 is 5.97 Å². The molecule has 0 radical (unpaired) electrons. The molecule has 2 rings (SSSR count). The quantitative estimate of drug-likeness (QED) is 0.912. The van der Waals surface area contributed by atoms with Crippen molar-refractivity contribution in [2.45, 2.75) is 18.9 Å². The zero-order valence-electron chi connectivity index (χ0n) is 8.36.